The van der Waals surface area contributed by atoms with E-state index in [1.54, 1.807) is 24.3 Å². The molecule has 0 saturated carbocycles. The second kappa shape index (κ2) is 7.80. The molecule has 5 N–H and O–H groups in total. The summed E-state index contributed by atoms with van der Waals surface area (Å²) in [5.41, 5.74) is 5.36. The number of hydrogen-bond donors (Lipinski definition) is 4. The topological polar surface area (TPSA) is 158 Å². The Bertz CT molecular complexity index is 1270. The van der Waals surface area contributed by atoms with Gasteiger partial charge in [-0.15, -0.1) is 0 Å². The van der Waals surface area contributed by atoms with E-state index in [0.717, 1.165) is 4.90 Å². The number of rotatable bonds is 3. The van der Waals surface area contributed by atoms with Crippen molar-refractivity contribution in [3.63, 3.8) is 0 Å². The van der Waals surface area contributed by atoms with Crippen LogP contribution in [0.2, 0.25) is 5.02 Å². The van der Waals surface area contributed by atoms with Crippen LogP contribution in [0.3, 0.4) is 0 Å². The molecule has 2 fully saturated rings. The molecule has 0 aliphatic carbocycles. The number of H-pyrrole nitrogens is 1. The minimum Gasteiger partial charge on any atom is -0.386 e. The third kappa shape index (κ3) is 3.90. The number of fused-ring (bicyclic) bond motifs is 2. The van der Waals surface area contributed by atoms with Gasteiger partial charge in [-0.25, -0.2) is 4.98 Å². The average molecular weight is 504 g/mol. The van der Waals surface area contributed by atoms with Gasteiger partial charge in [-0.05, 0) is 36.1 Å². The van der Waals surface area contributed by atoms with Crippen molar-refractivity contribution < 1.29 is 23.8 Å². The number of nitrogen functional groups attached to an aromatic ring is 1. The maximum atomic E-state index is 12.4. The van der Waals surface area contributed by atoms with Crippen molar-refractivity contribution in [2.24, 2.45) is 0 Å². The molecule has 11 nitrogen and oxygen atoms in total. The Kier molecular flexibility index (Phi) is 5.36. The average Bonchev–Trinajstić information content (AvgIpc) is 3.20. The molecule has 0 amide bonds. The fourth-order valence-corrected chi connectivity index (χ4v) is 5.92. The summed E-state index contributed by atoms with van der Waals surface area (Å²) in [5, 5.41) is 11.8. The first-order valence-electron chi connectivity index (χ1n) is 8.92. The van der Waals surface area contributed by atoms with Crippen LogP contribution >= 0.6 is 30.1 Å². The van der Waals surface area contributed by atoms with Gasteiger partial charge < -0.3 is 25.0 Å². The number of ether oxygens (including phenoxy) is 1. The zero-order valence-corrected chi connectivity index (χ0v) is 18.7. The first-order chi connectivity index (χ1) is 14.7. The molecule has 2 aliphatic heterocycles. The molecule has 3 aromatic rings. The summed E-state index contributed by atoms with van der Waals surface area (Å²) in [6.45, 7) is -3.52. The van der Waals surface area contributed by atoms with Crippen molar-refractivity contribution in [3.05, 3.63) is 39.6 Å². The van der Waals surface area contributed by atoms with E-state index in [9.17, 15) is 14.8 Å². The van der Waals surface area contributed by atoms with E-state index < -0.39 is 36.8 Å². The molecule has 2 unspecified atom stereocenters. The molecule has 164 valence electrons. The molecular weight excluding hydrogens is 489 g/mol. The minimum absolute atomic E-state index is 0.0285. The second-order valence-electron chi connectivity index (χ2n) is 6.83. The molecular formula is C16H15ClN5O6PS2. The Morgan fingerprint density at radius 3 is 2.84 bits per heavy atom. The number of halogens is 1. The van der Waals surface area contributed by atoms with Crippen LogP contribution in [0.4, 0.5) is 5.95 Å². The number of hydrogen-bond acceptors (Lipinski definition) is 10. The minimum atomic E-state index is -3.47. The standard InChI is InChI=1S/C16H15ClN5O6PS2/c17-6-1-3-7(4-2-6)31-16-19-9-12(20-15(18)21-13(9)24)22(16)14-10(23)11-8(27-14)5-26-29(25,30)28-11/h1-4,8,10-11,14,23H,5H2,(H,25,30)(H3,18,20,21,24)/t8-,10?,11+,14-,29?/m1/s1. The molecule has 15 heteroatoms. The number of aromatic amines is 1. The number of nitrogens with two attached hydrogens (primary N) is 1. The lowest BCUT2D eigenvalue weighted by Crippen LogP contribution is -2.39. The maximum absolute atomic E-state index is 12.4. The highest BCUT2D eigenvalue weighted by Crippen LogP contribution is 2.53. The summed E-state index contributed by atoms with van der Waals surface area (Å²) in [7, 11) is 0. The third-order valence-electron chi connectivity index (χ3n) is 4.78. The summed E-state index contributed by atoms with van der Waals surface area (Å²) in [6, 6.07) is 7.00. The summed E-state index contributed by atoms with van der Waals surface area (Å²) in [4.78, 5) is 34.2. The quantitative estimate of drug-likeness (QED) is 0.383. The fraction of sp³-hybridized carbons (Fsp3) is 0.312. The Labute approximate surface area is 188 Å². The Morgan fingerprint density at radius 1 is 1.35 bits per heavy atom. The summed E-state index contributed by atoms with van der Waals surface area (Å²) < 4.78 is 18.0. The lowest BCUT2D eigenvalue weighted by Gasteiger charge is -2.30. The highest BCUT2D eigenvalue weighted by Gasteiger charge is 2.52. The number of nitrogens with one attached hydrogen (secondary N) is 1. The van der Waals surface area contributed by atoms with Crippen molar-refractivity contribution >= 4 is 59.0 Å². The normalized spacial score (nSPS) is 30.5. The Hall–Kier alpha value is -1.54. The number of aliphatic hydroxyl groups is 1. The number of imidazole rings is 1. The van der Waals surface area contributed by atoms with Gasteiger partial charge in [-0.2, -0.15) is 4.98 Å². The SMILES string of the molecule is Nc1nc2c(nc(Sc3ccc(Cl)cc3)n2[C@@H]2O[C@@H]3COP(O)(=S)O[C@@H]3C2O)c(=O)[nH]1. The van der Waals surface area contributed by atoms with Crippen molar-refractivity contribution in [3.8, 4) is 0 Å². The van der Waals surface area contributed by atoms with Crippen molar-refractivity contribution in [2.75, 3.05) is 12.3 Å². The third-order valence-corrected chi connectivity index (χ3v) is 7.57. The first-order valence-corrected chi connectivity index (χ1v) is 12.7. The zero-order chi connectivity index (χ0) is 21.9. The van der Waals surface area contributed by atoms with E-state index in [1.807, 2.05) is 0 Å². The number of anilines is 1. The number of aromatic nitrogens is 4. The van der Waals surface area contributed by atoms with Crippen molar-refractivity contribution in [1.82, 2.24) is 19.5 Å². The van der Waals surface area contributed by atoms with E-state index in [1.165, 1.54) is 16.3 Å². The van der Waals surface area contributed by atoms with Crippen LogP contribution in [0, 0.1) is 0 Å². The predicted octanol–water partition coefficient (Wildman–Crippen LogP) is 1.40. The van der Waals surface area contributed by atoms with E-state index in [2.05, 4.69) is 15.0 Å². The monoisotopic (exact) mass is 503 g/mol. The fourth-order valence-electron chi connectivity index (χ4n) is 3.44. The molecule has 2 saturated heterocycles. The van der Waals surface area contributed by atoms with Gasteiger partial charge in [0.15, 0.2) is 22.5 Å². The van der Waals surface area contributed by atoms with Crippen LogP contribution in [-0.2, 0) is 25.6 Å². The molecule has 2 aliphatic rings. The van der Waals surface area contributed by atoms with Crippen LogP contribution in [0.1, 0.15) is 6.23 Å². The Balaban J connectivity index is 1.62. The molecule has 0 spiro atoms. The molecule has 31 heavy (non-hydrogen) atoms. The number of nitrogens with zero attached hydrogens (tertiary/aromatic N) is 3. The van der Waals surface area contributed by atoms with Crippen LogP contribution in [-0.4, -0.2) is 54.4 Å². The molecule has 0 radical (unpaired) electrons. The number of aliphatic hydroxyl groups excluding tert-OH is 1. The van der Waals surface area contributed by atoms with E-state index >= 15 is 0 Å². The zero-order valence-electron chi connectivity index (χ0n) is 15.4. The van der Waals surface area contributed by atoms with E-state index in [0.29, 0.717) is 10.2 Å². The molecule has 2 aromatic heterocycles. The summed E-state index contributed by atoms with van der Waals surface area (Å²) in [5.74, 6) is -0.114. The van der Waals surface area contributed by atoms with Crippen molar-refractivity contribution in [1.29, 1.82) is 0 Å². The molecule has 0 bridgehead atoms. The number of benzene rings is 1. The molecule has 1 aromatic carbocycles. The lowest BCUT2D eigenvalue weighted by molar-refractivity contribution is -0.0619. The van der Waals surface area contributed by atoms with E-state index in [4.69, 9.17) is 42.9 Å². The van der Waals surface area contributed by atoms with Crippen LogP contribution < -0.4 is 11.3 Å². The highest BCUT2D eigenvalue weighted by molar-refractivity contribution is 8.07. The maximum Gasteiger partial charge on any atom is 0.325 e. The summed E-state index contributed by atoms with van der Waals surface area (Å²) in [6.07, 6.45) is -3.89. The van der Waals surface area contributed by atoms with Gasteiger partial charge in [-0.3, -0.25) is 18.9 Å². The first kappa shape index (κ1) is 21.3. The van der Waals surface area contributed by atoms with Gasteiger partial charge in [0, 0.05) is 9.92 Å². The van der Waals surface area contributed by atoms with Crippen LogP contribution in [0.5, 0.6) is 0 Å². The van der Waals surface area contributed by atoms with Gasteiger partial charge in [0.2, 0.25) is 5.95 Å². The van der Waals surface area contributed by atoms with Gasteiger partial charge in [-0.1, -0.05) is 23.4 Å². The van der Waals surface area contributed by atoms with Crippen LogP contribution in [0.15, 0.2) is 39.1 Å². The van der Waals surface area contributed by atoms with Gasteiger partial charge >= 0.3 is 6.72 Å². The predicted molar refractivity (Wildman–Crippen MR) is 115 cm³/mol. The highest BCUT2D eigenvalue weighted by atomic mass is 35.5. The summed E-state index contributed by atoms with van der Waals surface area (Å²) >= 11 is 12.1. The van der Waals surface area contributed by atoms with Gasteiger partial charge in [0.05, 0.1) is 6.61 Å². The Morgan fingerprint density at radius 2 is 2.10 bits per heavy atom. The van der Waals surface area contributed by atoms with Crippen LogP contribution in [0.25, 0.3) is 11.2 Å². The largest absolute Gasteiger partial charge is 0.386 e. The lowest BCUT2D eigenvalue weighted by atomic mass is 10.1. The molecule has 4 heterocycles. The van der Waals surface area contributed by atoms with Gasteiger partial charge in [0.1, 0.15) is 18.3 Å². The molecule has 5 rings (SSSR count). The van der Waals surface area contributed by atoms with Gasteiger partial charge in [0.25, 0.3) is 5.56 Å². The smallest absolute Gasteiger partial charge is 0.325 e. The molecule has 5 atom stereocenters. The van der Waals surface area contributed by atoms with Crippen molar-refractivity contribution in [2.45, 2.75) is 34.6 Å². The second-order valence-corrected chi connectivity index (χ2v) is 11.1. The van der Waals surface area contributed by atoms with E-state index in [-0.39, 0.29) is 23.7 Å².